The summed E-state index contributed by atoms with van der Waals surface area (Å²) in [6, 6.07) is 3.66. The zero-order chi connectivity index (χ0) is 44.6. The Balaban J connectivity index is 1.44. The van der Waals surface area contributed by atoms with Gasteiger partial charge in [-0.05, 0) is 78.5 Å². The van der Waals surface area contributed by atoms with Gasteiger partial charge in [0.2, 0.25) is 6.10 Å². The molecule has 3 saturated heterocycles. The molecule has 2 aromatic carbocycles. The number of benzene rings is 2. The molecule has 4 unspecified atom stereocenters. The third-order valence-corrected chi connectivity index (χ3v) is 11.8. The SMILES string of the molecule is CC(C)(C)OC(=O)Nc1sc2c(F)ccc(-c3c(OC(C(F)(F)F)C4(C(F)(F)F)CCOC4)cc4c(N5CC6CCC(C5)N6C(=O)OC(C)(C)C)ncnc4c3F)c2c1C#N. The van der Waals surface area contributed by atoms with Gasteiger partial charge in [0.15, 0.2) is 5.82 Å². The average molecular weight is 885 g/mol. The molecule has 0 spiro atoms. The summed E-state index contributed by atoms with van der Waals surface area (Å²) < 4.78 is 144. The van der Waals surface area contributed by atoms with Gasteiger partial charge in [-0.2, -0.15) is 31.6 Å². The van der Waals surface area contributed by atoms with Crippen LogP contribution >= 0.6 is 11.3 Å². The maximum atomic E-state index is 17.5. The zero-order valence-electron chi connectivity index (χ0n) is 33.6. The van der Waals surface area contributed by atoms with Gasteiger partial charge < -0.3 is 23.8 Å². The lowest BCUT2D eigenvalue weighted by Gasteiger charge is -2.42. The average Bonchev–Trinajstić information content (AvgIpc) is 3.84. The molecule has 3 aliphatic heterocycles. The van der Waals surface area contributed by atoms with Crippen LogP contribution in [-0.2, 0) is 14.2 Å². The number of carbonyl (C=O) groups is 2. The molecule has 3 aliphatic rings. The predicted octanol–water partition coefficient (Wildman–Crippen LogP) is 9.88. The van der Waals surface area contributed by atoms with Gasteiger partial charge in [0, 0.05) is 30.5 Å². The summed E-state index contributed by atoms with van der Waals surface area (Å²) >= 11 is 0.540. The van der Waals surface area contributed by atoms with E-state index in [4.69, 9.17) is 18.9 Å². The standard InChI is InChI=1S/C40H40F8N6O6S/c1-36(2,3)59-34(55)52-32-23(14-49)26-21(9-10-24(41)30(26)61-32)27-25(58-33(39(43,44)45)38(40(46,47)48)11-12-57-17-38)13-22-29(28(27)42)50-18-51-31(22)53-15-19-7-8-20(16-53)54(19)35(56)60-37(4,5)6/h9-10,13,18-20,33H,7-8,11-12,15-17H2,1-6H3,(H,52,55). The predicted molar refractivity (Wildman–Crippen MR) is 206 cm³/mol. The Kier molecular flexibility index (Phi) is 11.0. The number of alkyl halides is 6. The highest BCUT2D eigenvalue weighted by Gasteiger charge is 2.70. The number of fused-ring (bicyclic) bond motifs is 4. The first-order chi connectivity index (χ1) is 28.3. The van der Waals surface area contributed by atoms with Crippen molar-refractivity contribution in [2.45, 2.75) is 103 Å². The molecule has 0 radical (unpaired) electrons. The molecule has 0 saturated carbocycles. The van der Waals surface area contributed by atoms with Crippen molar-refractivity contribution in [1.82, 2.24) is 14.9 Å². The molecule has 21 heteroatoms. The fraction of sp³-hybridized carbons (Fsp3) is 0.525. The van der Waals surface area contributed by atoms with Gasteiger partial charge in [-0.1, -0.05) is 6.07 Å². The van der Waals surface area contributed by atoms with Gasteiger partial charge in [0.25, 0.3) is 0 Å². The second-order valence-corrected chi connectivity index (χ2v) is 18.2. The highest BCUT2D eigenvalue weighted by Crippen LogP contribution is 2.55. The fourth-order valence-corrected chi connectivity index (χ4v) is 9.23. The van der Waals surface area contributed by atoms with Crippen molar-refractivity contribution in [3.8, 4) is 22.9 Å². The van der Waals surface area contributed by atoms with E-state index in [9.17, 15) is 28.0 Å². The number of hydrogen-bond acceptors (Lipinski definition) is 11. The van der Waals surface area contributed by atoms with Crippen molar-refractivity contribution >= 4 is 55.3 Å². The molecule has 1 N–H and O–H groups in total. The first-order valence-corrected chi connectivity index (χ1v) is 19.9. The van der Waals surface area contributed by atoms with Crippen molar-refractivity contribution in [1.29, 1.82) is 5.26 Å². The van der Waals surface area contributed by atoms with Crippen LogP contribution in [0.4, 0.5) is 55.5 Å². The van der Waals surface area contributed by atoms with E-state index in [1.54, 1.807) is 51.3 Å². The molecule has 4 aromatic rings. The number of anilines is 2. The Morgan fingerprint density at radius 3 is 2.21 bits per heavy atom. The van der Waals surface area contributed by atoms with Gasteiger partial charge in [0.05, 0.1) is 34.5 Å². The number of ether oxygens (including phenoxy) is 4. The van der Waals surface area contributed by atoms with Gasteiger partial charge in [-0.3, -0.25) is 10.2 Å². The summed E-state index contributed by atoms with van der Waals surface area (Å²) in [5.41, 5.74) is -7.71. The van der Waals surface area contributed by atoms with Gasteiger partial charge in [0.1, 0.15) is 56.9 Å². The highest BCUT2D eigenvalue weighted by molar-refractivity contribution is 7.23. The molecule has 2 bridgehead atoms. The number of nitrogens with zero attached hydrogens (tertiary/aromatic N) is 5. The van der Waals surface area contributed by atoms with Crippen LogP contribution in [-0.4, -0.2) is 95.1 Å². The third-order valence-electron chi connectivity index (χ3n) is 10.6. The summed E-state index contributed by atoms with van der Waals surface area (Å²) in [6.07, 6.45) is -15.5. The second-order valence-electron chi connectivity index (χ2n) is 17.2. The van der Waals surface area contributed by atoms with E-state index in [1.807, 2.05) is 6.07 Å². The van der Waals surface area contributed by atoms with Crippen LogP contribution < -0.4 is 15.0 Å². The van der Waals surface area contributed by atoms with E-state index in [1.165, 1.54) is 0 Å². The Hall–Kier alpha value is -5.23. The fourth-order valence-electron chi connectivity index (χ4n) is 8.16. The van der Waals surface area contributed by atoms with Crippen molar-refractivity contribution in [3.05, 3.63) is 41.7 Å². The van der Waals surface area contributed by atoms with Crippen molar-refractivity contribution in [2.75, 3.05) is 36.5 Å². The molecular weight excluding hydrogens is 845 g/mol. The molecule has 12 nitrogen and oxygen atoms in total. The molecule has 3 fully saturated rings. The maximum Gasteiger partial charge on any atom is 0.426 e. The van der Waals surface area contributed by atoms with E-state index >= 15 is 22.0 Å². The smallest absolute Gasteiger partial charge is 0.426 e. The summed E-state index contributed by atoms with van der Waals surface area (Å²) in [6.45, 7) is 7.96. The quantitative estimate of drug-likeness (QED) is 0.186. The van der Waals surface area contributed by atoms with Crippen molar-refractivity contribution < 1.29 is 63.7 Å². The zero-order valence-corrected chi connectivity index (χ0v) is 34.4. The summed E-state index contributed by atoms with van der Waals surface area (Å²) in [5, 5.41) is 11.8. The molecule has 61 heavy (non-hydrogen) atoms. The Labute approximate surface area is 347 Å². The van der Waals surface area contributed by atoms with Crippen LogP contribution in [0.1, 0.15) is 66.4 Å². The molecule has 0 aliphatic carbocycles. The summed E-state index contributed by atoms with van der Waals surface area (Å²) in [4.78, 5) is 37.7. The lowest BCUT2D eigenvalue weighted by atomic mass is 9.79. The van der Waals surface area contributed by atoms with E-state index in [0.29, 0.717) is 24.2 Å². The minimum atomic E-state index is -5.72. The molecule has 2 amide bonds. The van der Waals surface area contributed by atoms with Crippen molar-refractivity contribution in [3.63, 3.8) is 0 Å². The number of halogens is 8. The Morgan fingerprint density at radius 2 is 1.66 bits per heavy atom. The molecule has 7 rings (SSSR count). The van der Waals surface area contributed by atoms with Crippen LogP contribution in [0.5, 0.6) is 5.75 Å². The lowest BCUT2D eigenvalue weighted by molar-refractivity contribution is -0.308. The van der Waals surface area contributed by atoms with Gasteiger partial charge in [-0.25, -0.2) is 28.3 Å². The van der Waals surface area contributed by atoms with E-state index < -0.39 is 119 Å². The molecule has 328 valence electrons. The van der Waals surface area contributed by atoms with Crippen LogP contribution in [0.2, 0.25) is 0 Å². The minimum absolute atomic E-state index is 0.0133. The Morgan fingerprint density at radius 1 is 1.00 bits per heavy atom. The number of carbonyl (C=O) groups excluding carboxylic acids is 2. The van der Waals surface area contributed by atoms with Crippen LogP contribution in [0.25, 0.3) is 32.1 Å². The highest BCUT2D eigenvalue weighted by atomic mass is 32.1. The van der Waals surface area contributed by atoms with Crippen molar-refractivity contribution in [2.24, 2.45) is 5.41 Å². The first kappa shape index (κ1) is 43.8. The number of hydrogen-bond donors (Lipinski definition) is 1. The minimum Gasteiger partial charge on any atom is -0.479 e. The topological polar surface area (TPSA) is 139 Å². The van der Waals surface area contributed by atoms with Gasteiger partial charge in [-0.15, -0.1) is 11.3 Å². The number of piperazine rings is 1. The van der Waals surface area contributed by atoms with Crippen LogP contribution in [0.15, 0.2) is 24.5 Å². The largest absolute Gasteiger partial charge is 0.479 e. The molecular formula is C40H40F8N6O6S. The lowest BCUT2D eigenvalue weighted by Crippen LogP contribution is -2.57. The molecule has 4 atom stereocenters. The van der Waals surface area contributed by atoms with Gasteiger partial charge >= 0.3 is 24.5 Å². The summed E-state index contributed by atoms with van der Waals surface area (Å²) in [5.74, 6) is -3.43. The number of nitriles is 1. The monoisotopic (exact) mass is 884 g/mol. The number of amides is 2. The van der Waals surface area contributed by atoms with Crippen LogP contribution in [0, 0.1) is 28.4 Å². The number of nitrogens with one attached hydrogen (secondary N) is 1. The van der Waals surface area contributed by atoms with E-state index in [0.717, 1.165) is 24.5 Å². The molecule has 2 aromatic heterocycles. The Bertz CT molecular complexity index is 2420. The van der Waals surface area contributed by atoms with E-state index in [2.05, 4.69) is 15.3 Å². The van der Waals surface area contributed by atoms with Crippen LogP contribution in [0.3, 0.4) is 0 Å². The number of rotatable bonds is 6. The first-order valence-electron chi connectivity index (χ1n) is 19.1. The normalized spacial score (nSPS) is 21.5. The maximum absolute atomic E-state index is 17.5. The summed E-state index contributed by atoms with van der Waals surface area (Å²) in [7, 11) is 0. The second kappa shape index (κ2) is 15.3. The van der Waals surface area contributed by atoms with E-state index in [-0.39, 0.29) is 39.4 Å². The number of aromatic nitrogens is 2. The number of thiophene rings is 1. The third kappa shape index (κ3) is 8.15. The molecule has 5 heterocycles.